The molecule has 23 heavy (non-hydrogen) atoms. The Hall–Kier alpha value is -3.39. The minimum absolute atomic E-state index is 0.126. The third-order valence-electron chi connectivity index (χ3n) is 2.66. The smallest absolute Gasteiger partial charge is 0.182 e. The Morgan fingerprint density at radius 2 is 2.00 bits per heavy atom. The number of nitrogens with one attached hydrogen (secondary N) is 1. The molecule has 1 aromatic rings. The van der Waals surface area contributed by atoms with E-state index in [9.17, 15) is 0 Å². The molecule has 8 heteroatoms. The van der Waals surface area contributed by atoms with E-state index in [1.165, 1.54) is 14.2 Å². The van der Waals surface area contributed by atoms with E-state index in [1.807, 2.05) is 24.3 Å². The van der Waals surface area contributed by atoms with E-state index in [2.05, 4.69) is 20.6 Å². The lowest BCUT2D eigenvalue weighted by Gasteiger charge is -2.11. The Balaban J connectivity index is 3.17. The normalized spacial score (nSPS) is 12.1. The van der Waals surface area contributed by atoms with Gasteiger partial charge in [-0.25, -0.2) is 0 Å². The second kappa shape index (κ2) is 9.53. The van der Waals surface area contributed by atoms with E-state index in [1.54, 1.807) is 19.2 Å². The summed E-state index contributed by atoms with van der Waals surface area (Å²) in [6.45, 7) is 1.67. The number of hydrogen-bond donors (Lipinski definition) is 1. The number of oxime groups is 2. The van der Waals surface area contributed by atoms with Crippen LogP contribution in [0.1, 0.15) is 18.1 Å². The molecule has 0 bridgehead atoms. The third-order valence-corrected chi connectivity index (χ3v) is 2.66. The lowest BCUT2D eigenvalue weighted by atomic mass is 10.0. The maximum atomic E-state index is 8.82. The molecule has 0 aromatic heterocycles. The first-order valence-corrected chi connectivity index (χ1v) is 6.56. The maximum Gasteiger partial charge on any atom is 0.182 e. The molecular weight excluding hydrogens is 296 g/mol. The molecule has 0 heterocycles. The van der Waals surface area contributed by atoms with Gasteiger partial charge in [-0.15, -0.1) is 0 Å². The molecule has 1 N–H and O–H groups in total. The van der Waals surface area contributed by atoms with Crippen molar-refractivity contribution in [3.8, 4) is 12.3 Å². The van der Waals surface area contributed by atoms with Gasteiger partial charge in [-0.2, -0.15) is 10.5 Å². The van der Waals surface area contributed by atoms with Crippen molar-refractivity contribution in [3.63, 3.8) is 0 Å². The Bertz CT molecular complexity index is 709. The number of amidine groups is 1. The molecule has 0 aliphatic rings. The van der Waals surface area contributed by atoms with E-state index >= 15 is 0 Å². The van der Waals surface area contributed by atoms with E-state index in [0.29, 0.717) is 11.3 Å². The third kappa shape index (κ3) is 5.14. The van der Waals surface area contributed by atoms with Gasteiger partial charge < -0.3 is 9.68 Å². The van der Waals surface area contributed by atoms with Gasteiger partial charge in [-0.1, -0.05) is 34.6 Å². The van der Waals surface area contributed by atoms with Gasteiger partial charge >= 0.3 is 0 Å². The van der Waals surface area contributed by atoms with Crippen molar-refractivity contribution < 1.29 is 9.68 Å². The van der Waals surface area contributed by atoms with Crippen LogP contribution in [0.15, 0.2) is 39.6 Å². The molecule has 1 aromatic carbocycles. The van der Waals surface area contributed by atoms with Crippen molar-refractivity contribution in [1.82, 2.24) is 5.32 Å². The molecule has 0 amide bonds. The van der Waals surface area contributed by atoms with Crippen LogP contribution in [-0.2, 0) is 16.3 Å². The molecule has 8 nitrogen and oxygen atoms in total. The molecule has 0 aliphatic carbocycles. The Morgan fingerprint density at radius 1 is 1.26 bits per heavy atom. The van der Waals surface area contributed by atoms with E-state index < -0.39 is 0 Å². The van der Waals surface area contributed by atoms with Gasteiger partial charge in [0.2, 0.25) is 0 Å². The summed E-state index contributed by atoms with van der Waals surface area (Å²) in [5, 5.41) is 27.5. The van der Waals surface area contributed by atoms with Crippen LogP contribution in [0.25, 0.3) is 0 Å². The van der Waals surface area contributed by atoms with Crippen molar-refractivity contribution in [2.75, 3.05) is 14.2 Å². The topological polar surface area (TPSA) is 115 Å². The Kier molecular flexibility index (Phi) is 7.32. The molecule has 118 valence electrons. The van der Waals surface area contributed by atoms with Gasteiger partial charge in [0.05, 0.1) is 0 Å². The van der Waals surface area contributed by atoms with Crippen LogP contribution in [0, 0.1) is 22.8 Å². The summed E-state index contributed by atoms with van der Waals surface area (Å²) in [5.74, 6) is 0.263. The number of aliphatic imine (C=N–C) groups is 1. The standard InChI is InChI=1S/C15H16N6O2/c1-11(8-16)20-23-9-12-6-4-5-7-13(12)14(21-22-3)15(18-2)19-10-17/h4-7H,9H2,1-3H3,(H,18,19)/b20-11-,21-14+. The lowest BCUT2D eigenvalue weighted by molar-refractivity contribution is 0.130. The lowest BCUT2D eigenvalue weighted by Crippen LogP contribution is -2.29. The van der Waals surface area contributed by atoms with Crippen molar-refractivity contribution in [3.05, 3.63) is 35.4 Å². The summed E-state index contributed by atoms with van der Waals surface area (Å²) in [7, 11) is 2.93. The molecule has 0 fully saturated rings. The summed E-state index contributed by atoms with van der Waals surface area (Å²) in [4.78, 5) is 14.0. The van der Waals surface area contributed by atoms with Crippen LogP contribution < -0.4 is 5.32 Å². The number of nitrogens with zero attached hydrogens (tertiary/aromatic N) is 5. The van der Waals surface area contributed by atoms with Crippen molar-refractivity contribution in [2.45, 2.75) is 13.5 Å². The van der Waals surface area contributed by atoms with E-state index in [0.717, 1.165) is 5.56 Å². The average Bonchev–Trinajstić information content (AvgIpc) is 2.58. The highest BCUT2D eigenvalue weighted by molar-refractivity contribution is 6.48. The number of benzene rings is 1. The molecular formula is C15H16N6O2. The first-order valence-electron chi connectivity index (χ1n) is 6.56. The highest BCUT2D eigenvalue weighted by Gasteiger charge is 2.16. The highest BCUT2D eigenvalue weighted by atomic mass is 16.6. The summed E-state index contributed by atoms with van der Waals surface area (Å²) < 4.78 is 0. The minimum Gasteiger partial charge on any atom is -0.399 e. The molecule has 0 atom stereocenters. The molecule has 0 saturated carbocycles. The molecule has 1 rings (SSSR count). The summed E-state index contributed by atoms with van der Waals surface area (Å²) in [5.41, 5.74) is 1.99. The molecule has 0 saturated heterocycles. The molecule has 0 spiro atoms. The summed E-state index contributed by atoms with van der Waals surface area (Å²) in [6.07, 6.45) is 1.81. The predicted molar refractivity (Wildman–Crippen MR) is 85.6 cm³/mol. The summed E-state index contributed by atoms with van der Waals surface area (Å²) >= 11 is 0. The molecule has 0 unspecified atom stereocenters. The quantitative estimate of drug-likeness (QED) is 0.281. The van der Waals surface area contributed by atoms with Gasteiger partial charge in [-0.05, 0) is 6.92 Å². The fourth-order valence-corrected chi connectivity index (χ4v) is 1.68. The van der Waals surface area contributed by atoms with Crippen LogP contribution in [0.4, 0.5) is 0 Å². The monoisotopic (exact) mass is 312 g/mol. The summed E-state index contributed by atoms with van der Waals surface area (Å²) in [6, 6.07) is 9.12. The number of rotatable bonds is 6. The van der Waals surface area contributed by atoms with Crippen LogP contribution in [-0.4, -0.2) is 31.4 Å². The highest BCUT2D eigenvalue weighted by Crippen LogP contribution is 2.13. The van der Waals surface area contributed by atoms with Gasteiger partial charge in [0.1, 0.15) is 19.8 Å². The van der Waals surface area contributed by atoms with Gasteiger partial charge in [0.15, 0.2) is 23.5 Å². The van der Waals surface area contributed by atoms with Crippen LogP contribution >= 0.6 is 0 Å². The van der Waals surface area contributed by atoms with Crippen molar-refractivity contribution in [1.29, 1.82) is 10.5 Å². The van der Waals surface area contributed by atoms with Gasteiger partial charge in [-0.3, -0.25) is 10.3 Å². The SMILES string of the molecule is CN=C(NC#N)/C(=N/OC)c1ccccc1CO/N=C(/C)C#N. The van der Waals surface area contributed by atoms with E-state index in [4.69, 9.17) is 20.2 Å². The fourth-order valence-electron chi connectivity index (χ4n) is 1.68. The second-order valence-corrected chi connectivity index (χ2v) is 4.15. The van der Waals surface area contributed by atoms with Crippen LogP contribution in [0.2, 0.25) is 0 Å². The number of nitriles is 2. The molecule has 0 aliphatic heterocycles. The number of hydrogen-bond acceptors (Lipinski definition) is 7. The first-order chi connectivity index (χ1) is 11.2. The minimum atomic E-state index is 0.126. The van der Waals surface area contributed by atoms with Crippen LogP contribution in [0.5, 0.6) is 0 Å². The van der Waals surface area contributed by atoms with Crippen LogP contribution in [0.3, 0.4) is 0 Å². The fraction of sp³-hybridized carbons (Fsp3) is 0.267. The molecule has 0 radical (unpaired) electrons. The Morgan fingerprint density at radius 3 is 2.61 bits per heavy atom. The second-order valence-electron chi connectivity index (χ2n) is 4.15. The van der Waals surface area contributed by atoms with Crippen molar-refractivity contribution in [2.24, 2.45) is 15.3 Å². The predicted octanol–water partition coefficient (Wildman–Crippen LogP) is 1.55. The zero-order chi connectivity index (χ0) is 17.1. The van der Waals surface area contributed by atoms with E-state index in [-0.39, 0.29) is 18.2 Å². The zero-order valence-electron chi connectivity index (χ0n) is 13.1. The van der Waals surface area contributed by atoms with Gasteiger partial charge in [0, 0.05) is 18.2 Å². The Labute approximate surface area is 134 Å². The zero-order valence-corrected chi connectivity index (χ0v) is 13.1. The maximum absolute atomic E-state index is 8.82. The van der Waals surface area contributed by atoms with Gasteiger partial charge in [0.25, 0.3) is 0 Å². The van der Waals surface area contributed by atoms with Crippen molar-refractivity contribution >= 4 is 17.3 Å². The first kappa shape index (κ1) is 17.7. The average molecular weight is 312 g/mol. The largest absolute Gasteiger partial charge is 0.399 e.